The van der Waals surface area contributed by atoms with Crippen LogP contribution in [0.4, 0.5) is 26.3 Å². The van der Waals surface area contributed by atoms with E-state index >= 15 is 0 Å². The predicted octanol–water partition coefficient (Wildman–Crippen LogP) is 19.7. The molecule has 23 nitrogen and oxygen atoms in total. The minimum absolute atomic E-state index is 0.0309. The third-order valence-electron chi connectivity index (χ3n) is 32.2. The minimum atomic E-state index is -1.05. The molecule has 776 valence electrons. The standard InChI is InChI=1S/C34H34N4OS.2C29H31F2N5O.C28H32F2N4O2/c39-33(17-24-7-6-15-37(20-24)21-28-23-40-32-11-5-4-10-29(28)32)38-16-14-26-18-36-34(30(26)22-38)27-12-13-31(35-19-27)25-8-2-1-3-9-25;1-34-27-8-7-20(13-22(27)15-33-34)29-23-18-36(11-9-21(23)14-32-29)28(37)12-19-4-3-10-35(16-19)17-24-25(30)5-2-6-26(24)31;1-34-16-22-13-20(7-8-27(22)33-34)29-23-18-36(11-9-21(23)14-32-29)28(37)12-19-4-3-10-35(15-19)17-24-25(30)5-2-6-26(24)31;1-18-12-19(6-9-31-18)28-22-17-34(11-7-20(22)14-32-28)27(35)13-21-15-33(10-8-24(21)29)16-23-25(30)4-3-5-26(23)36-2/h1-5,8-13,19,23-24H,6-7,14-18,20-22H2;2,5-8,13,15,19H,3-4,9-12,14,16-18H2,1H3;2,5-8,13,16,19H,3-4,9-12,14-15,17-18H2,1H3;3-6,9,12,21,24H,7-8,10-11,13-17H2,1-2H3/t24-;2*19-;/m000./s1. The largest absolute Gasteiger partial charge is 0.496 e. The normalized spacial score (nSPS) is 20.7. The molecular weight excluding hydrogens is 1920 g/mol. The molecule has 24 rings (SSSR count). The number of thiophene rings is 1. The molecule has 4 amide bonds. The van der Waals surface area contributed by atoms with Crippen LogP contribution in [0.1, 0.15) is 147 Å². The van der Waals surface area contributed by atoms with E-state index in [2.05, 4.69) is 119 Å². The smallest absolute Gasteiger partial charge is 0.223 e. The summed E-state index contributed by atoms with van der Waals surface area (Å²) in [7, 11) is 5.37. The Hall–Kier alpha value is -13.5. The highest BCUT2D eigenvalue weighted by atomic mass is 32.1. The summed E-state index contributed by atoms with van der Waals surface area (Å²) in [5.74, 6) is -0.909. The van der Waals surface area contributed by atoms with Crippen LogP contribution in [0, 0.1) is 59.7 Å². The fraction of sp³-hybridized carbons (Fsp3) is 0.400. The number of fused-ring (bicyclic) bond motifs is 3. The Labute approximate surface area is 875 Å². The van der Waals surface area contributed by atoms with Crippen molar-refractivity contribution < 1.29 is 50.3 Å². The number of likely N-dealkylation sites (tertiary alicyclic amines) is 4. The highest BCUT2D eigenvalue weighted by Crippen LogP contribution is 2.40. The summed E-state index contributed by atoms with van der Waals surface area (Å²) < 4.78 is 96.3. The molecule has 7 aromatic carbocycles. The molecule has 0 bridgehead atoms. The molecular formula is C120H128F6N18O5S. The SMILES string of the molecule is COc1cccc(F)c1CN1CCC(F)C(CC(=O)N2CCC3=C(C2)C(c2ccnc(C)c2)=NC3)C1.Cn1cc2cc(C3=NCC4=C3CN(C(=O)C[C@@H]3CCCN(Cc5c(F)cccc5F)C3)CC4)ccc2n1.Cn1ncc2cc(C3=NCC4=C3CN(C(=O)C[C@@H]3CCCN(Cc5c(F)cccc5F)C3)CC4)ccc21.O=C(C[C@@H]1CCCN(Cc2csc3ccccc23)C1)N1CCC2=C(C1)C(c1ccc(-c3ccccc3)nc1)=NC2. The summed E-state index contributed by atoms with van der Waals surface area (Å²) in [5, 5.41) is 14.7. The van der Waals surface area contributed by atoms with Crippen molar-refractivity contribution in [3.8, 4) is 17.0 Å². The number of ether oxygens (including phenoxy) is 1. The molecule has 4 fully saturated rings. The lowest BCUT2D eigenvalue weighted by Gasteiger charge is -2.36. The Bertz CT molecular complexity index is 7180. The molecule has 30 heteroatoms. The molecule has 4 saturated heterocycles. The van der Waals surface area contributed by atoms with E-state index in [0.29, 0.717) is 134 Å². The maximum Gasteiger partial charge on any atom is 0.223 e. The molecule has 12 aromatic rings. The number of hydrogen-bond acceptors (Lipinski definition) is 18. The van der Waals surface area contributed by atoms with Gasteiger partial charge in [-0.25, -0.2) is 26.3 Å². The quantitative estimate of drug-likeness (QED) is 0.0578. The number of pyridine rings is 2. The van der Waals surface area contributed by atoms with Crippen LogP contribution in [-0.4, -0.2) is 259 Å². The van der Waals surface area contributed by atoms with Crippen LogP contribution in [0.5, 0.6) is 5.75 Å². The van der Waals surface area contributed by atoms with E-state index in [-0.39, 0.29) is 66.0 Å². The number of aryl methyl sites for hydroxylation is 3. The first kappa shape index (κ1) is 102. The third-order valence-corrected chi connectivity index (χ3v) is 33.2. The van der Waals surface area contributed by atoms with Gasteiger partial charge in [-0.05, 0) is 267 Å². The predicted molar refractivity (Wildman–Crippen MR) is 577 cm³/mol. The molecule has 2 unspecified atom stereocenters. The highest BCUT2D eigenvalue weighted by molar-refractivity contribution is 7.17. The second-order valence-corrected chi connectivity index (χ2v) is 43.2. The fourth-order valence-corrected chi connectivity index (χ4v) is 25.0. The van der Waals surface area contributed by atoms with Gasteiger partial charge in [0.1, 0.15) is 41.0 Å². The summed E-state index contributed by atoms with van der Waals surface area (Å²) in [6.07, 6.45) is 18.1. The number of hydrogen-bond donors (Lipinski definition) is 0. The summed E-state index contributed by atoms with van der Waals surface area (Å²) >= 11 is 1.83. The van der Waals surface area contributed by atoms with Gasteiger partial charge in [0.2, 0.25) is 23.6 Å². The van der Waals surface area contributed by atoms with Gasteiger partial charge in [0, 0.05) is 241 Å². The van der Waals surface area contributed by atoms with E-state index in [0.717, 1.165) is 213 Å². The molecule has 12 aliphatic rings. The van der Waals surface area contributed by atoms with Crippen molar-refractivity contribution >= 4 is 89.7 Å². The van der Waals surface area contributed by atoms with Gasteiger partial charge in [-0.15, -0.1) is 11.3 Å². The van der Waals surface area contributed by atoms with Crippen molar-refractivity contribution in [1.29, 1.82) is 0 Å². The Morgan fingerprint density at radius 2 is 0.887 bits per heavy atom. The number of carbonyl (C=O) groups excluding carboxylic acids is 4. The molecule has 0 spiro atoms. The first-order valence-electron chi connectivity index (χ1n) is 53.1. The number of alkyl halides is 1. The van der Waals surface area contributed by atoms with Crippen molar-refractivity contribution in [2.24, 2.45) is 57.7 Å². The number of carbonyl (C=O) groups is 4. The molecule has 0 radical (unpaired) electrons. The summed E-state index contributed by atoms with van der Waals surface area (Å²) in [6.45, 7) is 17.8. The number of aromatic nitrogens is 6. The Kier molecular flexibility index (Phi) is 31.5. The fourth-order valence-electron chi connectivity index (χ4n) is 24.1. The number of amides is 4. The molecule has 12 aliphatic heterocycles. The molecule has 17 heterocycles. The van der Waals surface area contributed by atoms with Gasteiger partial charge in [0.05, 0.1) is 79.1 Å². The number of nitrogens with zero attached hydrogens (tertiary/aromatic N) is 18. The van der Waals surface area contributed by atoms with Crippen molar-refractivity contribution in [1.82, 2.24) is 68.7 Å². The number of piperidine rings is 4. The lowest BCUT2D eigenvalue weighted by atomic mass is 9.90. The van der Waals surface area contributed by atoms with Crippen LogP contribution in [-0.2, 0) is 59.5 Å². The third kappa shape index (κ3) is 23.3. The van der Waals surface area contributed by atoms with Crippen LogP contribution in [0.3, 0.4) is 0 Å². The Morgan fingerprint density at radius 1 is 0.427 bits per heavy atom. The molecule has 0 N–H and O–H groups in total. The lowest BCUT2D eigenvalue weighted by Crippen LogP contribution is -2.45. The van der Waals surface area contributed by atoms with E-state index in [1.54, 1.807) is 18.3 Å². The van der Waals surface area contributed by atoms with Gasteiger partial charge >= 0.3 is 0 Å². The minimum Gasteiger partial charge on any atom is -0.496 e. The zero-order valence-electron chi connectivity index (χ0n) is 85.8. The molecule has 0 aliphatic carbocycles. The first-order valence-corrected chi connectivity index (χ1v) is 54.0. The van der Waals surface area contributed by atoms with E-state index in [9.17, 15) is 45.5 Å². The maximum absolute atomic E-state index is 14.9. The lowest BCUT2D eigenvalue weighted by molar-refractivity contribution is -0.133. The summed E-state index contributed by atoms with van der Waals surface area (Å²) in [5.41, 5.74) is 25.4. The second-order valence-electron chi connectivity index (χ2n) is 42.3. The summed E-state index contributed by atoms with van der Waals surface area (Å²) in [4.78, 5) is 98.5. The van der Waals surface area contributed by atoms with Crippen LogP contribution < -0.4 is 4.74 Å². The van der Waals surface area contributed by atoms with Crippen molar-refractivity contribution in [3.63, 3.8) is 0 Å². The van der Waals surface area contributed by atoms with Gasteiger partial charge < -0.3 is 24.3 Å². The van der Waals surface area contributed by atoms with Crippen LogP contribution in [0.2, 0.25) is 0 Å². The zero-order valence-corrected chi connectivity index (χ0v) is 86.6. The van der Waals surface area contributed by atoms with E-state index in [1.807, 2.05) is 116 Å². The average molecular weight is 2050 g/mol. The van der Waals surface area contributed by atoms with Crippen LogP contribution >= 0.6 is 11.3 Å². The van der Waals surface area contributed by atoms with Crippen LogP contribution in [0.15, 0.2) is 265 Å². The van der Waals surface area contributed by atoms with Crippen molar-refractivity contribution in [2.45, 2.75) is 136 Å². The molecule has 150 heavy (non-hydrogen) atoms. The van der Waals surface area contributed by atoms with Gasteiger partial charge in [-0.2, -0.15) is 10.2 Å². The van der Waals surface area contributed by atoms with Crippen molar-refractivity contribution in [2.75, 3.05) is 138 Å². The number of benzene rings is 7. The topological polar surface area (TPSA) is 214 Å². The molecule has 5 aromatic heterocycles. The number of aliphatic imine (C=N–C) groups is 4. The second kappa shape index (κ2) is 46.1. The van der Waals surface area contributed by atoms with E-state index in [4.69, 9.17) is 29.7 Å². The first-order chi connectivity index (χ1) is 73.0. The van der Waals surface area contributed by atoms with Gasteiger partial charge in [0.15, 0.2) is 0 Å². The monoisotopic (exact) mass is 2050 g/mol. The number of methoxy groups -OCH3 is 1. The van der Waals surface area contributed by atoms with E-state index < -0.39 is 35.4 Å². The van der Waals surface area contributed by atoms with Crippen LogP contribution in [0.25, 0.3) is 43.1 Å². The van der Waals surface area contributed by atoms with Gasteiger partial charge in [-0.1, -0.05) is 78.9 Å². The number of halogens is 6. The Balaban J connectivity index is 0.000000117. The zero-order chi connectivity index (χ0) is 103. The number of rotatable bonds is 22. The van der Waals surface area contributed by atoms with Gasteiger partial charge in [-0.3, -0.25) is 78.1 Å². The highest BCUT2D eigenvalue weighted by Gasteiger charge is 2.40. The average Bonchev–Trinajstić information content (AvgIpc) is 1.63. The summed E-state index contributed by atoms with van der Waals surface area (Å²) in [6, 6.07) is 52.4. The molecule has 5 atom stereocenters. The molecule has 0 saturated carbocycles. The van der Waals surface area contributed by atoms with Gasteiger partial charge in [0.25, 0.3) is 0 Å². The Morgan fingerprint density at radius 3 is 1.41 bits per heavy atom. The maximum atomic E-state index is 14.9. The van der Waals surface area contributed by atoms with Crippen molar-refractivity contribution in [3.05, 3.63) is 324 Å². The van der Waals surface area contributed by atoms with E-state index in [1.165, 1.54) is 104 Å².